The van der Waals surface area contributed by atoms with Crippen molar-refractivity contribution >= 4 is 0 Å². The molecule has 0 saturated carbocycles. The summed E-state index contributed by atoms with van der Waals surface area (Å²) in [6.45, 7) is 3.65. The summed E-state index contributed by atoms with van der Waals surface area (Å²) in [7, 11) is 0. The zero-order valence-electron chi connectivity index (χ0n) is 7.77. The Hall–Kier alpha value is -1.45. The molecule has 76 valence electrons. The first-order valence-corrected chi connectivity index (χ1v) is 3.96. The molecule has 1 aromatic carbocycles. The van der Waals surface area contributed by atoms with E-state index in [9.17, 15) is 13.2 Å². The molecular weight excluding hydrogens is 193 g/mol. The van der Waals surface area contributed by atoms with Crippen LogP contribution in [0.4, 0.5) is 13.2 Å². The number of ether oxygens (including phenoxy) is 1. The zero-order valence-corrected chi connectivity index (χ0v) is 7.77. The number of benzene rings is 1. The second-order valence-corrected chi connectivity index (χ2v) is 2.88. The van der Waals surface area contributed by atoms with Gasteiger partial charge in [-0.1, -0.05) is 6.07 Å². The van der Waals surface area contributed by atoms with Gasteiger partial charge in [0.25, 0.3) is 0 Å². The van der Waals surface area contributed by atoms with E-state index in [4.69, 9.17) is 0 Å². The molecule has 1 rings (SSSR count). The van der Waals surface area contributed by atoms with Gasteiger partial charge < -0.3 is 4.74 Å². The van der Waals surface area contributed by atoms with E-state index in [1.807, 2.05) is 6.92 Å². The number of aryl methyl sites for hydroxylation is 2. The van der Waals surface area contributed by atoms with Crippen LogP contribution in [0.5, 0.6) is 5.75 Å². The van der Waals surface area contributed by atoms with Crippen molar-refractivity contribution in [2.24, 2.45) is 0 Å². The van der Waals surface area contributed by atoms with Crippen LogP contribution in [0.25, 0.3) is 0 Å². The summed E-state index contributed by atoms with van der Waals surface area (Å²) in [4.78, 5) is 0. The maximum Gasteiger partial charge on any atom is 0.344 e. The first-order valence-electron chi connectivity index (χ1n) is 3.96. The van der Waals surface area contributed by atoms with Crippen LogP contribution in [-0.2, 0) is 0 Å². The van der Waals surface area contributed by atoms with Crippen molar-refractivity contribution < 1.29 is 17.9 Å². The first kappa shape index (κ1) is 10.6. The Labute approximate surface area is 79.8 Å². The van der Waals surface area contributed by atoms with E-state index in [1.54, 1.807) is 13.0 Å². The quantitative estimate of drug-likeness (QED) is 0.664. The SMILES string of the molecule is Cc1ccc(OC(F)=C(F)F)cc1C. The monoisotopic (exact) mass is 202 g/mol. The third-order valence-electron chi connectivity index (χ3n) is 1.83. The van der Waals surface area contributed by atoms with Crippen molar-refractivity contribution in [3.05, 3.63) is 41.4 Å². The Balaban J connectivity index is 2.89. The second-order valence-electron chi connectivity index (χ2n) is 2.88. The van der Waals surface area contributed by atoms with Gasteiger partial charge in [-0.25, -0.2) is 0 Å². The molecule has 0 fully saturated rings. The highest BCUT2D eigenvalue weighted by Crippen LogP contribution is 2.21. The number of halogens is 3. The summed E-state index contributed by atoms with van der Waals surface area (Å²) in [5.41, 5.74) is 1.84. The second kappa shape index (κ2) is 4.17. The Bertz CT molecular complexity index is 368. The maximum atomic E-state index is 12.4. The number of rotatable bonds is 2. The van der Waals surface area contributed by atoms with Crippen LogP contribution in [0.1, 0.15) is 11.1 Å². The largest absolute Gasteiger partial charge is 0.428 e. The topological polar surface area (TPSA) is 9.23 Å². The molecule has 0 heterocycles. The molecule has 0 bridgehead atoms. The van der Waals surface area contributed by atoms with Crippen molar-refractivity contribution in [1.29, 1.82) is 0 Å². The predicted molar refractivity (Wildman–Crippen MR) is 46.9 cm³/mol. The van der Waals surface area contributed by atoms with Gasteiger partial charge >= 0.3 is 12.1 Å². The predicted octanol–water partition coefficient (Wildman–Crippen LogP) is 3.72. The molecule has 0 N–H and O–H groups in total. The van der Waals surface area contributed by atoms with E-state index < -0.39 is 12.1 Å². The summed E-state index contributed by atoms with van der Waals surface area (Å²) < 4.78 is 40.0. The van der Waals surface area contributed by atoms with Gasteiger partial charge in [0.15, 0.2) is 0 Å². The highest BCUT2D eigenvalue weighted by molar-refractivity contribution is 5.34. The minimum absolute atomic E-state index is 0.0680. The molecule has 0 unspecified atom stereocenters. The molecule has 0 amide bonds. The molecule has 0 saturated heterocycles. The van der Waals surface area contributed by atoms with Crippen LogP contribution in [0.3, 0.4) is 0 Å². The molecule has 1 nitrogen and oxygen atoms in total. The van der Waals surface area contributed by atoms with Crippen molar-refractivity contribution in [2.45, 2.75) is 13.8 Å². The third-order valence-corrected chi connectivity index (χ3v) is 1.83. The molecule has 0 atom stereocenters. The van der Waals surface area contributed by atoms with Gasteiger partial charge in [-0.2, -0.15) is 13.2 Å². The molecule has 0 spiro atoms. The lowest BCUT2D eigenvalue weighted by Gasteiger charge is -2.04. The molecule has 0 aliphatic rings. The molecule has 14 heavy (non-hydrogen) atoms. The average molecular weight is 202 g/mol. The van der Waals surface area contributed by atoms with Crippen molar-refractivity contribution in [3.63, 3.8) is 0 Å². The highest BCUT2D eigenvalue weighted by Gasteiger charge is 2.07. The van der Waals surface area contributed by atoms with Gasteiger partial charge in [-0.05, 0) is 37.1 Å². The fourth-order valence-corrected chi connectivity index (χ4v) is 0.919. The molecule has 1 aromatic rings. The lowest BCUT2D eigenvalue weighted by atomic mass is 10.1. The van der Waals surface area contributed by atoms with Gasteiger partial charge in [-0.15, -0.1) is 0 Å². The van der Waals surface area contributed by atoms with Gasteiger partial charge in [0.1, 0.15) is 5.75 Å². The molecule has 0 aliphatic heterocycles. The molecular formula is C10H9F3O. The lowest BCUT2D eigenvalue weighted by molar-refractivity contribution is 0.241. The van der Waals surface area contributed by atoms with Crippen molar-refractivity contribution in [3.8, 4) is 5.75 Å². The van der Waals surface area contributed by atoms with E-state index in [0.717, 1.165) is 11.1 Å². The highest BCUT2D eigenvalue weighted by atomic mass is 19.3. The third kappa shape index (κ3) is 2.52. The fourth-order valence-electron chi connectivity index (χ4n) is 0.919. The van der Waals surface area contributed by atoms with Crippen LogP contribution >= 0.6 is 0 Å². The summed E-state index contributed by atoms with van der Waals surface area (Å²) in [6, 6.07) is 2.75. The smallest absolute Gasteiger partial charge is 0.344 e. The molecule has 0 radical (unpaired) electrons. The average Bonchev–Trinajstić information content (AvgIpc) is 2.11. The Morgan fingerprint density at radius 2 is 1.71 bits per heavy atom. The lowest BCUT2D eigenvalue weighted by Crippen LogP contribution is -1.91. The van der Waals surface area contributed by atoms with Crippen LogP contribution in [-0.4, -0.2) is 0 Å². The molecule has 0 aliphatic carbocycles. The van der Waals surface area contributed by atoms with Gasteiger partial charge in [0.2, 0.25) is 0 Å². The van der Waals surface area contributed by atoms with Gasteiger partial charge in [0.05, 0.1) is 0 Å². The Morgan fingerprint density at radius 3 is 2.21 bits per heavy atom. The van der Waals surface area contributed by atoms with E-state index in [0.29, 0.717) is 0 Å². The van der Waals surface area contributed by atoms with Crippen LogP contribution in [0.15, 0.2) is 30.3 Å². The number of hydrogen-bond donors (Lipinski definition) is 0. The first-order chi connectivity index (χ1) is 6.50. The Kier molecular flexibility index (Phi) is 3.17. The van der Waals surface area contributed by atoms with Gasteiger partial charge in [-0.3, -0.25) is 0 Å². The van der Waals surface area contributed by atoms with Crippen molar-refractivity contribution in [2.75, 3.05) is 0 Å². The van der Waals surface area contributed by atoms with E-state index in [-0.39, 0.29) is 5.75 Å². The fraction of sp³-hybridized carbons (Fsp3) is 0.200. The molecule has 4 heteroatoms. The zero-order chi connectivity index (χ0) is 10.7. The van der Waals surface area contributed by atoms with Crippen LogP contribution in [0, 0.1) is 13.8 Å². The van der Waals surface area contributed by atoms with Crippen molar-refractivity contribution in [1.82, 2.24) is 0 Å². The summed E-state index contributed by atoms with van der Waals surface area (Å²) in [5.74, 6) is 0.0680. The van der Waals surface area contributed by atoms with E-state index >= 15 is 0 Å². The summed E-state index contributed by atoms with van der Waals surface area (Å²) in [6.07, 6.45) is -2.46. The Morgan fingerprint density at radius 1 is 1.07 bits per heavy atom. The molecule has 0 aromatic heterocycles. The standard InChI is InChI=1S/C10H9F3O/c1-6-3-4-8(5-7(6)2)14-10(13)9(11)12/h3-5H,1-2H3. The minimum Gasteiger partial charge on any atom is -0.428 e. The van der Waals surface area contributed by atoms with Crippen LogP contribution in [0.2, 0.25) is 0 Å². The normalized spacial score (nSPS) is 9.79. The maximum absolute atomic E-state index is 12.4. The van der Waals surface area contributed by atoms with Gasteiger partial charge in [0, 0.05) is 0 Å². The van der Waals surface area contributed by atoms with Crippen LogP contribution < -0.4 is 4.74 Å². The minimum atomic E-state index is -2.46. The van der Waals surface area contributed by atoms with E-state index in [2.05, 4.69) is 4.74 Å². The number of hydrogen-bond acceptors (Lipinski definition) is 1. The van der Waals surface area contributed by atoms with E-state index in [1.165, 1.54) is 12.1 Å². The summed E-state index contributed by atoms with van der Waals surface area (Å²) in [5, 5.41) is 0. The summed E-state index contributed by atoms with van der Waals surface area (Å²) >= 11 is 0.